The van der Waals surface area contributed by atoms with Gasteiger partial charge in [-0.05, 0) is 0 Å². The Kier molecular flexibility index (Phi) is 1.66. The maximum atomic E-state index is 12.2. The molecule has 4 nitrogen and oxygen atoms in total. The predicted molar refractivity (Wildman–Crippen MR) is 33.0 cm³/mol. The minimum Gasteiger partial charge on any atom is -0.478 e. The topological polar surface area (TPSA) is 61.0 Å². The van der Waals surface area contributed by atoms with Crippen molar-refractivity contribution in [2.24, 2.45) is 0 Å². The summed E-state index contributed by atoms with van der Waals surface area (Å²) in [5.74, 6) is -0.602. The summed E-state index contributed by atoms with van der Waals surface area (Å²) in [7, 11) is 1.35. The highest BCUT2D eigenvalue weighted by Crippen LogP contribution is 2.12. The Labute approximate surface area is 56.9 Å². The van der Waals surface area contributed by atoms with Crippen molar-refractivity contribution in [2.45, 2.75) is 0 Å². The van der Waals surface area contributed by atoms with Crippen molar-refractivity contribution in [1.82, 2.24) is 9.97 Å². The summed E-state index contributed by atoms with van der Waals surface area (Å²) in [5.41, 5.74) is 5.23. The first kappa shape index (κ1) is 6.73. The Morgan fingerprint density at radius 1 is 1.70 bits per heavy atom. The molecule has 0 unspecified atom stereocenters. The zero-order chi connectivity index (χ0) is 7.56. The summed E-state index contributed by atoms with van der Waals surface area (Å²) in [5, 5.41) is 0. The van der Waals surface area contributed by atoms with E-state index < -0.39 is 5.95 Å². The summed E-state index contributed by atoms with van der Waals surface area (Å²) in [6, 6.07) is 0. The summed E-state index contributed by atoms with van der Waals surface area (Å²) in [6.45, 7) is 0. The van der Waals surface area contributed by atoms with E-state index in [0.29, 0.717) is 0 Å². The number of rotatable bonds is 1. The number of nitrogens with zero attached hydrogens (tertiary/aromatic N) is 2. The minimum absolute atomic E-state index is 0.0139. The Balaban J connectivity index is 3.09. The van der Waals surface area contributed by atoms with Gasteiger partial charge in [-0.2, -0.15) is 9.37 Å². The van der Waals surface area contributed by atoms with Gasteiger partial charge in [0, 0.05) is 0 Å². The van der Waals surface area contributed by atoms with Gasteiger partial charge in [-0.1, -0.05) is 0 Å². The lowest BCUT2D eigenvalue weighted by Gasteiger charge is -1.99. The molecule has 0 spiro atoms. The van der Waals surface area contributed by atoms with Gasteiger partial charge in [-0.3, -0.25) is 0 Å². The largest absolute Gasteiger partial charge is 0.478 e. The van der Waals surface area contributed by atoms with Crippen LogP contribution in [0.25, 0.3) is 0 Å². The third-order valence-electron chi connectivity index (χ3n) is 0.931. The highest BCUT2D eigenvalue weighted by Gasteiger charge is 2.01. The van der Waals surface area contributed by atoms with Gasteiger partial charge in [0.2, 0.25) is 5.95 Å². The third kappa shape index (κ3) is 1.12. The highest BCUT2D eigenvalue weighted by molar-refractivity contribution is 5.38. The number of hydrogen-bond donors (Lipinski definition) is 1. The molecule has 0 amide bonds. The van der Waals surface area contributed by atoms with Crippen LogP contribution in [0.15, 0.2) is 6.20 Å². The van der Waals surface area contributed by atoms with Crippen molar-refractivity contribution in [3.05, 3.63) is 12.1 Å². The molecular weight excluding hydrogens is 137 g/mol. The molecule has 0 aromatic carbocycles. The van der Waals surface area contributed by atoms with Crippen LogP contribution in [0.1, 0.15) is 0 Å². The van der Waals surface area contributed by atoms with Crippen molar-refractivity contribution in [1.29, 1.82) is 0 Å². The van der Waals surface area contributed by atoms with E-state index in [9.17, 15) is 4.39 Å². The van der Waals surface area contributed by atoms with Crippen molar-refractivity contribution >= 4 is 5.82 Å². The number of halogens is 1. The lowest BCUT2D eigenvalue weighted by Crippen LogP contribution is -1.99. The molecule has 0 bridgehead atoms. The maximum absolute atomic E-state index is 12.2. The van der Waals surface area contributed by atoms with Crippen molar-refractivity contribution in [3.8, 4) is 5.88 Å². The first-order valence-electron chi connectivity index (χ1n) is 2.56. The zero-order valence-electron chi connectivity index (χ0n) is 5.34. The second kappa shape index (κ2) is 2.47. The van der Waals surface area contributed by atoms with Crippen LogP contribution in [0.2, 0.25) is 0 Å². The minimum atomic E-state index is -0.703. The van der Waals surface area contributed by atoms with Crippen LogP contribution in [-0.2, 0) is 0 Å². The summed E-state index contributed by atoms with van der Waals surface area (Å²) in [6.07, 6.45) is 0.928. The summed E-state index contributed by atoms with van der Waals surface area (Å²) >= 11 is 0. The molecule has 1 aromatic heterocycles. The first-order chi connectivity index (χ1) is 4.74. The van der Waals surface area contributed by atoms with Gasteiger partial charge in [0.15, 0.2) is 5.82 Å². The fraction of sp³-hybridized carbons (Fsp3) is 0.200. The second-order valence-electron chi connectivity index (χ2n) is 1.59. The third-order valence-corrected chi connectivity index (χ3v) is 0.931. The van der Waals surface area contributed by atoms with Crippen LogP contribution < -0.4 is 10.5 Å². The van der Waals surface area contributed by atoms with Crippen molar-refractivity contribution in [2.75, 3.05) is 12.8 Å². The van der Waals surface area contributed by atoms with Crippen LogP contribution in [0.4, 0.5) is 10.2 Å². The molecule has 0 aliphatic heterocycles. The Hall–Kier alpha value is -1.39. The molecule has 0 saturated heterocycles. The van der Waals surface area contributed by atoms with E-state index in [1.165, 1.54) is 7.11 Å². The highest BCUT2D eigenvalue weighted by atomic mass is 19.1. The van der Waals surface area contributed by atoms with Crippen molar-refractivity contribution in [3.63, 3.8) is 0 Å². The van der Waals surface area contributed by atoms with Crippen molar-refractivity contribution < 1.29 is 9.13 Å². The van der Waals surface area contributed by atoms with E-state index in [4.69, 9.17) is 5.73 Å². The predicted octanol–water partition coefficient (Wildman–Crippen LogP) is 0.207. The van der Waals surface area contributed by atoms with E-state index in [-0.39, 0.29) is 11.7 Å². The SMILES string of the molecule is COc1nc(F)cnc1N. The first-order valence-corrected chi connectivity index (χ1v) is 2.56. The van der Waals surface area contributed by atoms with Gasteiger partial charge < -0.3 is 10.5 Å². The number of aromatic nitrogens is 2. The van der Waals surface area contributed by atoms with E-state index in [0.717, 1.165) is 6.20 Å². The molecule has 0 aliphatic carbocycles. The number of anilines is 1. The summed E-state index contributed by atoms with van der Waals surface area (Å²) in [4.78, 5) is 6.78. The molecule has 1 heterocycles. The number of methoxy groups -OCH3 is 1. The van der Waals surface area contributed by atoms with Gasteiger partial charge in [-0.15, -0.1) is 0 Å². The van der Waals surface area contributed by atoms with E-state index >= 15 is 0 Å². The van der Waals surface area contributed by atoms with Gasteiger partial charge in [-0.25, -0.2) is 4.98 Å². The van der Waals surface area contributed by atoms with Crippen LogP contribution in [0.5, 0.6) is 5.88 Å². The van der Waals surface area contributed by atoms with Crippen LogP contribution in [0.3, 0.4) is 0 Å². The molecule has 5 heteroatoms. The lowest BCUT2D eigenvalue weighted by atomic mass is 10.6. The molecule has 1 aromatic rings. The van der Waals surface area contributed by atoms with E-state index in [2.05, 4.69) is 14.7 Å². The molecule has 0 fully saturated rings. The Bertz CT molecular complexity index is 240. The fourth-order valence-electron chi connectivity index (χ4n) is 0.511. The maximum Gasteiger partial charge on any atom is 0.259 e. The zero-order valence-corrected chi connectivity index (χ0v) is 5.34. The summed E-state index contributed by atoms with van der Waals surface area (Å²) < 4.78 is 16.8. The van der Waals surface area contributed by atoms with Crippen LogP contribution in [0, 0.1) is 5.95 Å². The van der Waals surface area contributed by atoms with E-state index in [1.807, 2.05) is 0 Å². The molecule has 2 N–H and O–H groups in total. The normalized spacial score (nSPS) is 9.40. The van der Waals surface area contributed by atoms with Gasteiger partial charge in [0.1, 0.15) is 0 Å². The van der Waals surface area contributed by atoms with Crippen LogP contribution >= 0.6 is 0 Å². The monoisotopic (exact) mass is 143 g/mol. The molecule has 0 aliphatic rings. The Morgan fingerprint density at radius 2 is 2.40 bits per heavy atom. The molecule has 10 heavy (non-hydrogen) atoms. The average molecular weight is 143 g/mol. The quantitative estimate of drug-likeness (QED) is 0.610. The number of hydrogen-bond acceptors (Lipinski definition) is 4. The standard InChI is InChI=1S/C5H6FN3O/c1-10-5-4(7)8-2-3(6)9-5/h2H,1H3,(H2,7,8). The fourth-order valence-corrected chi connectivity index (χ4v) is 0.511. The molecule has 0 atom stereocenters. The Morgan fingerprint density at radius 3 is 2.90 bits per heavy atom. The molecule has 0 saturated carbocycles. The number of ether oxygens (including phenoxy) is 1. The molecule has 54 valence electrons. The molecule has 1 rings (SSSR count). The van der Waals surface area contributed by atoms with Gasteiger partial charge in [0.25, 0.3) is 5.88 Å². The van der Waals surface area contributed by atoms with Gasteiger partial charge >= 0.3 is 0 Å². The smallest absolute Gasteiger partial charge is 0.259 e. The van der Waals surface area contributed by atoms with Crippen LogP contribution in [-0.4, -0.2) is 17.1 Å². The number of nitrogen functional groups attached to an aromatic ring is 1. The average Bonchev–Trinajstić information content (AvgIpc) is 1.94. The molecular formula is C5H6FN3O. The second-order valence-corrected chi connectivity index (χ2v) is 1.59. The molecule has 0 radical (unpaired) electrons. The van der Waals surface area contributed by atoms with E-state index in [1.54, 1.807) is 0 Å². The van der Waals surface area contributed by atoms with Gasteiger partial charge in [0.05, 0.1) is 13.3 Å². The lowest BCUT2D eigenvalue weighted by molar-refractivity contribution is 0.387. The number of nitrogens with two attached hydrogens (primary N) is 1.